The minimum absolute atomic E-state index is 0.210. The molecule has 2 fully saturated rings. The molecule has 0 radical (unpaired) electrons. The van der Waals surface area contributed by atoms with Gasteiger partial charge in [-0.25, -0.2) is 4.39 Å². The topological polar surface area (TPSA) is 24.5 Å². The number of rotatable bonds is 4. The first kappa shape index (κ1) is 12.9. The van der Waals surface area contributed by atoms with E-state index in [1.54, 1.807) is 6.07 Å². The lowest BCUT2D eigenvalue weighted by Gasteiger charge is -2.36. The number of benzene rings is 1. The van der Waals surface area contributed by atoms with Gasteiger partial charge in [0.15, 0.2) is 11.6 Å². The average molecular weight is 264 g/mol. The zero-order chi connectivity index (χ0) is 13.2. The Labute approximate surface area is 113 Å². The van der Waals surface area contributed by atoms with Crippen LogP contribution in [0.5, 0.6) is 5.75 Å². The highest BCUT2D eigenvalue weighted by Crippen LogP contribution is 2.36. The number of nitrogens with zero attached hydrogens (tertiary/aromatic N) is 1. The fourth-order valence-corrected chi connectivity index (χ4v) is 2.96. The monoisotopic (exact) mass is 264 g/mol. The number of halogens is 1. The van der Waals surface area contributed by atoms with Crippen molar-refractivity contribution in [3.05, 3.63) is 29.6 Å². The van der Waals surface area contributed by atoms with Crippen molar-refractivity contribution in [3.63, 3.8) is 0 Å². The molecule has 1 atom stereocenters. The van der Waals surface area contributed by atoms with Crippen molar-refractivity contribution in [2.24, 2.45) is 5.92 Å². The van der Waals surface area contributed by atoms with E-state index in [0.29, 0.717) is 18.3 Å². The quantitative estimate of drug-likeness (QED) is 0.900. The maximum atomic E-state index is 14.2. The third kappa shape index (κ3) is 2.74. The number of methoxy groups -OCH3 is 1. The van der Waals surface area contributed by atoms with E-state index in [2.05, 4.69) is 10.2 Å². The van der Waals surface area contributed by atoms with E-state index >= 15 is 0 Å². The van der Waals surface area contributed by atoms with Crippen molar-refractivity contribution >= 4 is 0 Å². The van der Waals surface area contributed by atoms with Gasteiger partial charge in [-0.05, 0) is 24.8 Å². The number of piperazine rings is 1. The van der Waals surface area contributed by atoms with Gasteiger partial charge in [0, 0.05) is 37.8 Å². The van der Waals surface area contributed by atoms with Gasteiger partial charge in [0.2, 0.25) is 0 Å². The van der Waals surface area contributed by atoms with Gasteiger partial charge in [0.05, 0.1) is 7.11 Å². The fourth-order valence-electron chi connectivity index (χ4n) is 2.96. The van der Waals surface area contributed by atoms with E-state index in [-0.39, 0.29) is 5.82 Å². The SMILES string of the molecule is COc1cccc(CN2CCNCC2C2CC2)c1F. The molecule has 4 heteroatoms. The summed E-state index contributed by atoms with van der Waals surface area (Å²) in [7, 11) is 1.51. The molecule has 1 aromatic carbocycles. The van der Waals surface area contributed by atoms with Gasteiger partial charge in [-0.3, -0.25) is 4.90 Å². The summed E-state index contributed by atoms with van der Waals surface area (Å²) in [4.78, 5) is 2.42. The number of hydrogen-bond donors (Lipinski definition) is 1. The average Bonchev–Trinajstić information content (AvgIpc) is 3.26. The van der Waals surface area contributed by atoms with E-state index in [0.717, 1.165) is 31.1 Å². The van der Waals surface area contributed by atoms with Crippen LogP contribution in [-0.2, 0) is 6.54 Å². The van der Waals surface area contributed by atoms with Crippen LogP contribution in [0.4, 0.5) is 4.39 Å². The first-order chi connectivity index (χ1) is 9.29. The molecule has 104 valence electrons. The lowest BCUT2D eigenvalue weighted by molar-refractivity contribution is 0.134. The lowest BCUT2D eigenvalue weighted by atomic mass is 10.1. The molecule has 1 saturated heterocycles. The van der Waals surface area contributed by atoms with Crippen LogP contribution in [0, 0.1) is 11.7 Å². The minimum Gasteiger partial charge on any atom is -0.494 e. The molecule has 1 N–H and O–H groups in total. The van der Waals surface area contributed by atoms with Crippen LogP contribution < -0.4 is 10.1 Å². The summed E-state index contributed by atoms with van der Waals surface area (Å²) in [6.07, 6.45) is 2.65. The first-order valence-corrected chi connectivity index (χ1v) is 7.05. The molecule has 0 bridgehead atoms. The number of ether oxygens (including phenoxy) is 1. The van der Waals surface area contributed by atoms with Crippen molar-refractivity contribution in [2.45, 2.75) is 25.4 Å². The standard InChI is InChI=1S/C15H21FN2O/c1-19-14-4-2-3-12(15(14)16)10-18-8-7-17-9-13(18)11-5-6-11/h2-4,11,13,17H,5-10H2,1H3. The molecule has 3 rings (SSSR count). The summed E-state index contributed by atoms with van der Waals surface area (Å²) in [5.74, 6) is 0.940. The third-order valence-corrected chi connectivity index (χ3v) is 4.20. The van der Waals surface area contributed by atoms with Crippen LogP contribution in [0.15, 0.2) is 18.2 Å². The summed E-state index contributed by atoms with van der Waals surface area (Å²) < 4.78 is 19.3. The molecule has 0 spiro atoms. The highest BCUT2D eigenvalue weighted by atomic mass is 19.1. The van der Waals surface area contributed by atoms with Crippen molar-refractivity contribution in [2.75, 3.05) is 26.7 Å². The van der Waals surface area contributed by atoms with Gasteiger partial charge in [-0.1, -0.05) is 12.1 Å². The molecular formula is C15H21FN2O. The molecule has 3 nitrogen and oxygen atoms in total. The lowest BCUT2D eigenvalue weighted by Crippen LogP contribution is -2.51. The normalized spacial score (nSPS) is 24.4. The third-order valence-electron chi connectivity index (χ3n) is 4.20. The van der Waals surface area contributed by atoms with Crippen LogP contribution in [0.1, 0.15) is 18.4 Å². The first-order valence-electron chi connectivity index (χ1n) is 7.05. The summed E-state index contributed by atoms with van der Waals surface area (Å²) in [6.45, 7) is 3.72. The van der Waals surface area contributed by atoms with Gasteiger partial charge in [0.25, 0.3) is 0 Å². The second-order valence-corrected chi connectivity index (χ2v) is 5.51. The molecular weight excluding hydrogens is 243 g/mol. The summed E-state index contributed by atoms with van der Waals surface area (Å²) in [6, 6.07) is 5.98. The number of nitrogens with one attached hydrogen (secondary N) is 1. The van der Waals surface area contributed by atoms with Crippen molar-refractivity contribution in [1.82, 2.24) is 10.2 Å². The fraction of sp³-hybridized carbons (Fsp3) is 0.600. The van der Waals surface area contributed by atoms with Gasteiger partial charge in [-0.2, -0.15) is 0 Å². The van der Waals surface area contributed by atoms with E-state index in [9.17, 15) is 4.39 Å². The molecule has 1 aliphatic heterocycles. The van der Waals surface area contributed by atoms with Gasteiger partial charge in [0.1, 0.15) is 0 Å². The molecule has 1 heterocycles. The van der Waals surface area contributed by atoms with Crippen LogP contribution in [0.2, 0.25) is 0 Å². The predicted molar refractivity (Wildman–Crippen MR) is 72.7 cm³/mol. The summed E-state index contributed by atoms with van der Waals surface area (Å²) in [5.41, 5.74) is 0.743. The van der Waals surface area contributed by atoms with Crippen molar-refractivity contribution in [1.29, 1.82) is 0 Å². The Balaban J connectivity index is 1.75. The number of hydrogen-bond acceptors (Lipinski definition) is 3. The largest absolute Gasteiger partial charge is 0.494 e. The van der Waals surface area contributed by atoms with Crippen LogP contribution in [-0.4, -0.2) is 37.7 Å². The van der Waals surface area contributed by atoms with E-state index < -0.39 is 0 Å². The van der Waals surface area contributed by atoms with E-state index in [1.165, 1.54) is 20.0 Å². The van der Waals surface area contributed by atoms with E-state index in [4.69, 9.17) is 4.74 Å². The van der Waals surface area contributed by atoms with Crippen LogP contribution in [0.25, 0.3) is 0 Å². The van der Waals surface area contributed by atoms with E-state index in [1.807, 2.05) is 12.1 Å². The Kier molecular flexibility index (Phi) is 3.71. The minimum atomic E-state index is -0.210. The zero-order valence-electron chi connectivity index (χ0n) is 11.4. The Morgan fingerprint density at radius 3 is 3.00 bits per heavy atom. The highest BCUT2D eigenvalue weighted by molar-refractivity contribution is 5.31. The molecule has 1 saturated carbocycles. The maximum absolute atomic E-state index is 14.2. The molecule has 2 aliphatic rings. The Morgan fingerprint density at radius 1 is 1.42 bits per heavy atom. The predicted octanol–water partition coefficient (Wildman–Crippen LogP) is 2.02. The van der Waals surface area contributed by atoms with Gasteiger partial charge >= 0.3 is 0 Å². The second-order valence-electron chi connectivity index (χ2n) is 5.51. The second kappa shape index (κ2) is 5.47. The summed E-state index contributed by atoms with van der Waals surface area (Å²) >= 11 is 0. The Hall–Kier alpha value is -1.13. The molecule has 1 aromatic rings. The Bertz CT molecular complexity index is 448. The summed E-state index contributed by atoms with van der Waals surface area (Å²) in [5, 5.41) is 3.45. The highest BCUT2D eigenvalue weighted by Gasteiger charge is 2.36. The molecule has 0 aromatic heterocycles. The maximum Gasteiger partial charge on any atom is 0.169 e. The smallest absolute Gasteiger partial charge is 0.169 e. The van der Waals surface area contributed by atoms with Crippen LogP contribution >= 0.6 is 0 Å². The van der Waals surface area contributed by atoms with Gasteiger partial charge in [-0.15, -0.1) is 0 Å². The van der Waals surface area contributed by atoms with Crippen molar-refractivity contribution < 1.29 is 9.13 Å². The van der Waals surface area contributed by atoms with Crippen LogP contribution in [0.3, 0.4) is 0 Å². The van der Waals surface area contributed by atoms with Crippen molar-refractivity contribution in [3.8, 4) is 5.75 Å². The molecule has 1 aliphatic carbocycles. The van der Waals surface area contributed by atoms with Gasteiger partial charge < -0.3 is 10.1 Å². The Morgan fingerprint density at radius 2 is 2.26 bits per heavy atom. The molecule has 0 amide bonds. The molecule has 1 unspecified atom stereocenters. The molecule has 19 heavy (non-hydrogen) atoms. The zero-order valence-corrected chi connectivity index (χ0v) is 11.4.